The van der Waals surface area contributed by atoms with Gasteiger partial charge in [0, 0.05) is 16.7 Å². The van der Waals surface area contributed by atoms with Crippen LogP contribution in [0.25, 0.3) is 0 Å². The van der Waals surface area contributed by atoms with E-state index in [1.807, 2.05) is 12.1 Å². The van der Waals surface area contributed by atoms with Crippen molar-refractivity contribution in [2.45, 2.75) is 5.92 Å². The molecule has 0 unspecified atom stereocenters. The number of nitrogens with two attached hydrogens (primary N) is 1. The number of phenolic OH excluding ortho intramolecular Hbond substituents is 1. The summed E-state index contributed by atoms with van der Waals surface area (Å²) in [5.41, 5.74) is 7.44. The Morgan fingerprint density at radius 1 is 1.14 bits per heavy atom. The normalized spacial score (nSPS) is 16.7. The first-order valence-corrected chi connectivity index (χ1v) is 7.13. The van der Waals surface area contributed by atoms with Crippen LogP contribution >= 0.6 is 23.2 Å². The van der Waals surface area contributed by atoms with Gasteiger partial charge in [-0.15, -0.1) is 0 Å². The maximum Gasteiger partial charge on any atom is 0.205 e. The molecule has 1 atom stereocenters. The van der Waals surface area contributed by atoms with Crippen molar-refractivity contribution >= 4 is 23.2 Å². The Labute approximate surface area is 136 Å². The van der Waals surface area contributed by atoms with Crippen LogP contribution in [0.4, 0.5) is 0 Å². The molecule has 0 radical (unpaired) electrons. The van der Waals surface area contributed by atoms with E-state index in [0.29, 0.717) is 16.3 Å². The number of fused-ring (bicyclic) bond motifs is 1. The quantitative estimate of drug-likeness (QED) is 0.829. The third kappa shape index (κ3) is 2.25. The van der Waals surface area contributed by atoms with Crippen molar-refractivity contribution in [1.82, 2.24) is 0 Å². The first-order valence-electron chi connectivity index (χ1n) is 6.37. The predicted molar refractivity (Wildman–Crippen MR) is 83.9 cm³/mol. The molecular weight excluding hydrogens is 323 g/mol. The fraction of sp³-hybridized carbons (Fsp3) is 0.0625. The number of nitrogens with zero attached hydrogens (tertiary/aromatic N) is 1. The minimum absolute atomic E-state index is 0.0124. The molecule has 2 aromatic rings. The van der Waals surface area contributed by atoms with Gasteiger partial charge in [-0.05, 0) is 17.7 Å². The van der Waals surface area contributed by atoms with E-state index < -0.39 is 5.92 Å². The molecule has 1 heterocycles. The number of aromatic hydroxyl groups is 1. The summed E-state index contributed by atoms with van der Waals surface area (Å²) in [5.74, 6) is -0.281. The lowest BCUT2D eigenvalue weighted by molar-refractivity contribution is 0.388. The summed E-state index contributed by atoms with van der Waals surface area (Å²) in [6.07, 6.45) is 0. The van der Waals surface area contributed by atoms with Gasteiger partial charge >= 0.3 is 0 Å². The number of nitriles is 1. The number of ether oxygens (including phenoxy) is 1. The van der Waals surface area contributed by atoms with E-state index in [4.69, 9.17) is 33.7 Å². The molecule has 0 bridgehead atoms. The highest BCUT2D eigenvalue weighted by Gasteiger charge is 2.32. The Hall–Kier alpha value is -2.35. The highest BCUT2D eigenvalue weighted by molar-refractivity contribution is 6.32. The molecule has 2 aromatic carbocycles. The molecule has 0 saturated heterocycles. The van der Waals surface area contributed by atoms with Gasteiger partial charge < -0.3 is 15.6 Å². The number of hydrogen-bond acceptors (Lipinski definition) is 4. The van der Waals surface area contributed by atoms with Crippen molar-refractivity contribution < 1.29 is 9.84 Å². The largest absolute Gasteiger partial charge is 0.506 e. The van der Waals surface area contributed by atoms with Crippen LogP contribution in [0.15, 0.2) is 47.9 Å². The molecule has 0 amide bonds. The summed E-state index contributed by atoms with van der Waals surface area (Å²) >= 11 is 12.3. The smallest absolute Gasteiger partial charge is 0.205 e. The van der Waals surface area contributed by atoms with Crippen LogP contribution in [-0.2, 0) is 0 Å². The van der Waals surface area contributed by atoms with Crippen molar-refractivity contribution in [3.8, 4) is 17.6 Å². The predicted octanol–water partition coefficient (Wildman–Crippen LogP) is 3.92. The van der Waals surface area contributed by atoms with Gasteiger partial charge in [-0.25, -0.2) is 0 Å². The summed E-state index contributed by atoms with van der Waals surface area (Å²) in [5, 5.41) is 19.8. The molecule has 1 aliphatic rings. The minimum atomic E-state index is -0.499. The van der Waals surface area contributed by atoms with Crippen molar-refractivity contribution in [2.24, 2.45) is 5.73 Å². The summed E-state index contributed by atoms with van der Waals surface area (Å²) in [7, 11) is 0. The Morgan fingerprint density at radius 2 is 1.86 bits per heavy atom. The molecule has 0 fully saturated rings. The van der Waals surface area contributed by atoms with Crippen molar-refractivity contribution in [3.63, 3.8) is 0 Å². The maximum atomic E-state index is 9.74. The van der Waals surface area contributed by atoms with Crippen LogP contribution in [-0.4, -0.2) is 5.11 Å². The molecule has 1 aliphatic heterocycles. The summed E-state index contributed by atoms with van der Waals surface area (Å²) in [6, 6.07) is 12.2. The van der Waals surface area contributed by atoms with Gasteiger partial charge in [-0.2, -0.15) is 5.26 Å². The fourth-order valence-electron chi connectivity index (χ4n) is 2.50. The van der Waals surface area contributed by atoms with Crippen LogP contribution in [0.1, 0.15) is 17.0 Å². The number of phenols is 1. The first-order chi connectivity index (χ1) is 10.5. The molecule has 3 rings (SSSR count). The number of rotatable bonds is 1. The van der Waals surface area contributed by atoms with E-state index >= 15 is 0 Å². The Bertz CT molecular complexity index is 841. The Kier molecular flexibility index (Phi) is 3.61. The number of allylic oxidation sites excluding steroid dienone is 1. The highest BCUT2D eigenvalue weighted by Crippen LogP contribution is 2.46. The van der Waals surface area contributed by atoms with E-state index in [9.17, 15) is 10.4 Å². The topological polar surface area (TPSA) is 79.3 Å². The van der Waals surface area contributed by atoms with E-state index in [1.54, 1.807) is 18.2 Å². The van der Waals surface area contributed by atoms with Gasteiger partial charge in [-0.1, -0.05) is 41.4 Å². The lowest BCUT2D eigenvalue weighted by atomic mass is 9.83. The molecule has 0 aromatic heterocycles. The maximum absolute atomic E-state index is 9.74. The summed E-state index contributed by atoms with van der Waals surface area (Å²) in [6.45, 7) is 0. The molecule has 110 valence electrons. The number of hydrogen-bond donors (Lipinski definition) is 2. The Balaban J connectivity index is 2.30. The third-order valence-corrected chi connectivity index (χ3v) is 4.15. The second-order valence-corrected chi connectivity index (χ2v) is 5.60. The summed E-state index contributed by atoms with van der Waals surface area (Å²) in [4.78, 5) is 0. The summed E-state index contributed by atoms with van der Waals surface area (Å²) < 4.78 is 5.44. The van der Waals surface area contributed by atoms with Crippen LogP contribution in [0, 0.1) is 11.3 Å². The highest BCUT2D eigenvalue weighted by atomic mass is 35.5. The molecule has 0 aliphatic carbocycles. The van der Waals surface area contributed by atoms with Gasteiger partial charge in [0.1, 0.15) is 23.1 Å². The van der Waals surface area contributed by atoms with E-state index in [-0.39, 0.29) is 22.2 Å². The van der Waals surface area contributed by atoms with Gasteiger partial charge in [0.2, 0.25) is 5.88 Å². The zero-order chi connectivity index (χ0) is 15.9. The SMILES string of the molecule is N#CC1=C(N)Oc2cc(O)c(Cl)cc2[C@@H]1c1ccccc1Cl. The van der Waals surface area contributed by atoms with Gasteiger partial charge in [0.15, 0.2) is 0 Å². The zero-order valence-electron chi connectivity index (χ0n) is 11.2. The molecule has 6 heteroatoms. The number of benzene rings is 2. The monoisotopic (exact) mass is 332 g/mol. The Morgan fingerprint density at radius 3 is 2.55 bits per heavy atom. The molecule has 0 saturated carbocycles. The van der Waals surface area contributed by atoms with Gasteiger partial charge in [-0.3, -0.25) is 0 Å². The third-order valence-electron chi connectivity index (χ3n) is 3.50. The lowest BCUT2D eigenvalue weighted by Gasteiger charge is -2.27. The van der Waals surface area contributed by atoms with E-state index in [0.717, 1.165) is 5.56 Å². The van der Waals surface area contributed by atoms with Crippen molar-refractivity contribution in [1.29, 1.82) is 5.26 Å². The second-order valence-electron chi connectivity index (χ2n) is 4.79. The standard InChI is InChI=1S/C16H10Cl2N2O2/c17-11-4-2-1-3-8(11)15-9-5-12(18)13(21)6-14(9)22-16(20)10(15)7-19/h1-6,15,21H,20H2/t15-/m0/s1. The molecular formula is C16H10Cl2N2O2. The fourth-order valence-corrected chi connectivity index (χ4v) is 2.91. The van der Waals surface area contributed by atoms with Crippen molar-refractivity contribution in [2.75, 3.05) is 0 Å². The first kappa shape index (κ1) is 14.6. The van der Waals surface area contributed by atoms with E-state index in [2.05, 4.69) is 6.07 Å². The molecule has 22 heavy (non-hydrogen) atoms. The molecule has 0 spiro atoms. The van der Waals surface area contributed by atoms with E-state index in [1.165, 1.54) is 6.07 Å². The average molecular weight is 333 g/mol. The van der Waals surface area contributed by atoms with Crippen LogP contribution in [0.2, 0.25) is 10.0 Å². The lowest BCUT2D eigenvalue weighted by Crippen LogP contribution is -2.21. The second kappa shape index (κ2) is 5.45. The van der Waals surface area contributed by atoms with Gasteiger partial charge in [0.05, 0.1) is 10.9 Å². The average Bonchev–Trinajstić information content (AvgIpc) is 2.49. The van der Waals surface area contributed by atoms with Crippen molar-refractivity contribution in [3.05, 3.63) is 69.0 Å². The van der Waals surface area contributed by atoms with Crippen LogP contribution in [0.3, 0.4) is 0 Å². The minimum Gasteiger partial charge on any atom is -0.506 e. The van der Waals surface area contributed by atoms with Crippen LogP contribution < -0.4 is 10.5 Å². The number of halogens is 2. The van der Waals surface area contributed by atoms with Crippen LogP contribution in [0.5, 0.6) is 11.5 Å². The van der Waals surface area contributed by atoms with Gasteiger partial charge in [0.25, 0.3) is 0 Å². The molecule has 4 nitrogen and oxygen atoms in total. The zero-order valence-corrected chi connectivity index (χ0v) is 12.7. The molecule has 3 N–H and O–H groups in total.